The molecule has 144 valence electrons. The molecule has 9 heteroatoms. The molecule has 0 unspecified atom stereocenters. The highest BCUT2D eigenvalue weighted by molar-refractivity contribution is 8.26. The first-order valence-electron chi connectivity index (χ1n) is 8.23. The number of esters is 1. The lowest BCUT2D eigenvalue weighted by Crippen LogP contribution is -2.33. The third-order valence-electron chi connectivity index (χ3n) is 3.73. The van der Waals surface area contributed by atoms with Gasteiger partial charge in [-0.3, -0.25) is 14.5 Å². The van der Waals surface area contributed by atoms with Gasteiger partial charge in [0.25, 0.3) is 5.91 Å². The Hall–Kier alpha value is -2.91. The number of amides is 1. The van der Waals surface area contributed by atoms with Crippen molar-refractivity contribution >= 4 is 52.2 Å². The fraction of sp³-hybridized carbons (Fsp3) is 0.158. The second-order valence-corrected chi connectivity index (χ2v) is 7.34. The summed E-state index contributed by atoms with van der Waals surface area (Å²) in [4.78, 5) is 36.4. The SMILES string of the molecule is CCOC(=O)c1cccc(-c2ccc(/C=C3/SC(=S)N(CC(=O)O)C3=O)o2)c1. The molecular formula is C19H15NO6S2. The number of ether oxygens (including phenoxy) is 1. The Morgan fingerprint density at radius 2 is 2.11 bits per heavy atom. The van der Waals surface area contributed by atoms with Gasteiger partial charge in [0, 0.05) is 11.6 Å². The minimum absolute atomic E-state index is 0.188. The zero-order chi connectivity index (χ0) is 20.3. The first-order valence-corrected chi connectivity index (χ1v) is 9.46. The fourth-order valence-corrected chi connectivity index (χ4v) is 3.74. The van der Waals surface area contributed by atoms with Crippen molar-refractivity contribution in [3.8, 4) is 11.3 Å². The number of carboxylic acids is 1. The number of carboxylic acid groups (broad SMARTS) is 1. The minimum atomic E-state index is -1.14. The summed E-state index contributed by atoms with van der Waals surface area (Å²) in [5.74, 6) is -1.11. The predicted octanol–water partition coefficient (Wildman–Crippen LogP) is 3.41. The lowest BCUT2D eigenvalue weighted by molar-refractivity contribution is -0.140. The van der Waals surface area contributed by atoms with E-state index >= 15 is 0 Å². The average Bonchev–Trinajstić information content (AvgIpc) is 3.22. The molecule has 0 saturated carbocycles. The third-order valence-corrected chi connectivity index (χ3v) is 5.10. The summed E-state index contributed by atoms with van der Waals surface area (Å²) in [6, 6.07) is 10.2. The predicted molar refractivity (Wildman–Crippen MR) is 108 cm³/mol. The number of hydrogen-bond donors (Lipinski definition) is 1. The molecule has 1 aromatic heterocycles. The molecule has 0 radical (unpaired) electrons. The molecule has 2 aromatic rings. The third kappa shape index (κ3) is 4.32. The number of hydrogen-bond acceptors (Lipinski definition) is 7. The van der Waals surface area contributed by atoms with Gasteiger partial charge in [-0.15, -0.1) is 0 Å². The lowest BCUT2D eigenvalue weighted by atomic mass is 10.1. The maximum absolute atomic E-state index is 12.3. The molecule has 1 amide bonds. The number of benzene rings is 1. The number of carbonyl (C=O) groups excluding carboxylic acids is 2. The van der Waals surface area contributed by atoms with Gasteiger partial charge in [-0.05, 0) is 31.2 Å². The highest BCUT2D eigenvalue weighted by atomic mass is 32.2. The molecule has 1 fully saturated rings. The van der Waals surface area contributed by atoms with Gasteiger partial charge < -0.3 is 14.3 Å². The first kappa shape index (κ1) is 19.8. The highest BCUT2D eigenvalue weighted by Crippen LogP contribution is 2.33. The quantitative estimate of drug-likeness (QED) is 0.434. The second-order valence-electron chi connectivity index (χ2n) is 5.66. The highest BCUT2D eigenvalue weighted by Gasteiger charge is 2.33. The molecule has 3 rings (SSSR count). The van der Waals surface area contributed by atoms with Crippen LogP contribution in [-0.4, -0.2) is 45.3 Å². The van der Waals surface area contributed by atoms with Gasteiger partial charge in [-0.1, -0.05) is 36.1 Å². The van der Waals surface area contributed by atoms with Gasteiger partial charge in [0.1, 0.15) is 22.4 Å². The summed E-state index contributed by atoms with van der Waals surface area (Å²) >= 11 is 6.08. The molecule has 1 aliphatic rings. The van der Waals surface area contributed by atoms with E-state index in [1.54, 1.807) is 43.3 Å². The zero-order valence-electron chi connectivity index (χ0n) is 14.7. The van der Waals surface area contributed by atoms with E-state index in [9.17, 15) is 14.4 Å². The number of thioether (sulfide) groups is 1. The Kier molecular flexibility index (Phi) is 5.96. The standard InChI is InChI=1S/C19H15NO6S2/c1-2-25-18(24)12-5-3-4-11(8-12)14-7-6-13(26-14)9-15-17(23)20(10-16(21)22)19(27)28-15/h3-9H,2,10H2,1H3,(H,21,22)/b15-9+. The van der Waals surface area contributed by atoms with Crippen LogP contribution in [0.15, 0.2) is 45.7 Å². The Morgan fingerprint density at radius 1 is 1.32 bits per heavy atom. The normalized spacial score (nSPS) is 15.3. The summed E-state index contributed by atoms with van der Waals surface area (Å²) in [6.45, 7) is 1.54. The van der Waals surface area contributed by atoms with Crippen LogP contribution in [0.2, 0.25) is 0 Å². The van der Waals surface area contributed by atoms with E-state index in [0.29, 0.717) is 22.6 Å². The molecular weight excluding hydrogens is 402 g/mol. The second kappa shape index (κ2) is 8.41. The molecule has 0 atom stereocenters. The van der Waals surface area contributed by atoms with E-state index in [4.69, 9.17) is 26.5 Å². The molecule has 1 N–H and O–H groups in total. The van der Waals surface area contributed by atoms with Gasteiger partial charge in [0.05, 0.1) is 17.1 Å². The van der Waals surface area contributed by atoms with Crippen LogP contribution >= 0.6 is 24.0 Å². The van der Waals surface area contributed by atoms with Crippen molar-refractivity contribution in [1.29, 1.82) is 0 Å². The van der Waals surface area contributed by atoms with Crippen molar-refractivity contribution in [3.05, 3.63) is 52.6 Å². The number of carbonyl (C=O) groups is 3. The van der Waals surface area contributed by atoms with Crippen molar-refractivity contribution in [2.45, 2.75) is 6.92 Å². The van der Waals surface area contributed by atoms with Gasteiger partial charge in [-0.2, -0.15) is 0 Å². The Balaban J connectivity index is 1.82. The van der Waals surface area contributed by atoms with Gasteiger partial charge in [0.2, 0.25) is 0 Å². The van der Waals surface area contributed by atoms with E-state index in [1.165, 1.54) is 6.08 Å². The van der Waals surface area contributed by atoms with E-state index in [2.05, 4.69) is 0 Å². The molecule has 0 aliphatic carbocycles. The molecule has 0 bridgehead atoms. The molecule has 1 aromatic carbocycles. The topological polar surface area (TPSA) is 97.0 Å². The summed E-state index contributed by atoms with van der Waals surface area (Å²) in [6.07, 6.45) is 1.51. The largest absolute Gasteiger partial charge is 0.480 e. The van der Waals surface area contributed by atoms with Crippen LogP contribution in [0.4, 0.5) is 0 Å². The van der Waals surface area contributed by atoms with Crippen LogP contribution in [0.25, 0.3) is 17.4 Å². The number of nitrogens with zero attached hydrogens (tertiary/aromatic N) is 1. The summed E-state index contributed by atoms with van der Waals surface area (Å²) in [5, 5.41) is 8.88. The van der Waals surface area contributed by atoms with E-state index < -0.39 is 24.4 Å². The smallest absolute Gasteiger partial charge is 0.338 e. The summed E-state index contributed by atoms with van der Waals surface area (Å²) in [7, 11) is 0. The van der Waals surface area contributed by atoms with Crippen molar-refractivity contribution in [2.24, 2.45) is 0 Å². The maximum atomic E-state index is 12.3. The van der Waals surface area contributed by atoms with Crippen LogP contribution in [-0.2, 0) is 14.3 Å². The molecule has 1 aliphatic heterocycles. The minimum Gasteiger partial charge on any atom is -0.480 e. The number of aliphatic carboxylic acids is 1. The lowest BCUT2D eigenvalue weighted by Gasteiger charge is -2.09. The van der Waals surface area contributed by atoms with E-state index in [1.807, 2.05) is 0 Å². The molecule has 28 heavy (non-hydrogen) atoms. The molecule has 0 spiro atoms. The fourth-order valence-electron chi connectivity index (χ4n) is 2.50. The van der Waals surface area contributed by atoms with Gasteiger partial charge in [0.15, 0.2) is 0 Å². The Bertz CT molecular complexity index is 994. The van der Waals surface area contributed by atoms with Crippen LogP contribution in [0.5, 0.6) is 0 Å². The Labute approximate surface area is 170 Å². The average molecular weight is 417 g/mol. The monoisotopic (exact) mass is 417 g/mol. The summed E-state index contributed by atoms with van der Waals surface area (Å²) < 4.78 is 10.9. The van der Waals surface area contributed by atoms with Crippen molar-refractivity contribution in [1.82, 2.24) is 4.90 Å². The van der Waals surface area contributed by atoms with Crippen LogP contribution in [0.3, 0.4) is 0 Å². The van der Waals surface area contributed by atoms with E-state index in [-0.39, 0.29) is 15.8 Å². The van der Waals surface area contributed by atoms with E-state index in [0.717, 1.165) is 16.7 Å². The van der Waals surface area contributed by atoms with Gasteiger partial charge >= 0.3 is 11.9 Å². The first-order chi connectivity index (χ1) is 13.4. The van der Waals surface area contributed by atoms with Gasteiger partial charge in [-0.25, -0.2) is 4.79 Å². The van der Waals surface area contributed by atoms with Crippen molar-refractivity contribution < 1.29 is 28.6 Å². The van der Waals surface area contributed by atoms with Crippen LogP contribution in [0, 0.1) is 0 Å². The Morgan fingerprint density at radius 3 is 2.82 bits per heavy atom. The van der Waals surface area contributed by atoms with Crippen LogP contribution < -0.4 is 0 Å². The number of rotatable bonds is 6. The zero-order valence-corrected chi connectivity index (χ0v) is 16.3. The van der Waals surface area contributed by atoms with Crippen molar-refractivity contribution in [2.75, 3.05) is 13.2 Å². The maximum Gasteiger partial charge on any atom is 0.338 e. The van der Waals surface area contributed by atoms with Crippen LogP contribution in [0.1, 0.15) is 23.0 Å². The molecule has 1 saturated heterocycles. The summed E-state index contributed by atoms with van der Waals surface area (Å²) in [5.41, 5.74) is 1.09. The number of furan rings is 1. The number of thiocarbonyl (C=S) groups is 1. The molecule has 2 heterocycles. The molecule has 7 nitrogen and oxygen atoms in total. The van der Waals surface area contributed by atoms with Crippen molar-refractivity contribution in [3.63, 3.8) is 0 Å².